The number of halogens is 3. The van der Waals surface area contributed by atoms with Crippen LogP contribution in [0.1, 0.15) is 5.56 Å². The zero-order chi connectivity index (χ0) is 16.9. The predicted molar refractivity (Wildman–Crippen MR) is 77.4 cm³/mol. The lowest BCUT2D eigenvalue weighted by Gasteiger charge is -2.11. The first-order chi connectivity index (χ1) is 10.8. The molecule has 0 atom stereocenters. The van der Waals surface area contributed by atoms with Gasteiger partial charge in [-0.2, -0.15) is 5.10 Å². The summed E-state index contributed by atoms with van der Waals surface area (Å²) in [6.07, 6.45) is -3.90. The van der Waals surface area contributed by atoms with Crippen LogP contribution in [0.15, 0.2) is 53.6 Å². The van der Waals surface area contributed by atoms with E-state index < -0.39 is 17.0 Å². The molecule has 2 aromatic carbocycles. The summed E-state index contributed by atoms with van der Waals surface area (Å²) >= 11 is 0. The van der Waals surface area contributed by atoms with Crippen LogP contribution < -0.4 is 10.2 Å². The molecule has 0 saturated carbocycles. The summed E-state index contributed by atoms with van der Waals surface area (Å²) < 4.78 is 40.9. The van der Waals surface area contributed by atoms with Gasteiger partial charge in [0.25, 0.3) is 5.69 Å². The first-order valence-corrected chi connectivity index (χ1v) is 6.23. The number of hydrogen-bond acceptors (Lipinski definition) is 5. The van der Waals surface area contributed by atoms with E-state index >= 15 is 0 Å². The van der Waals surface area contributed by atoms with Crippen molar-refractivity contribution in [1.82, 2.24) is 0 Å². The molecule has 0 unspecified atom stereocenters. The van der Waals surface area contributed by atoms with Crippen LogP contribution in [0.4, 0.5) is 24.5 Å². The quantitative estimate of drug-likeness (QED) is 0.513. The predicted octanol–water partition coefficient (Wildman–Crippen LogP) is 3.94. The minimum Gasteiger partial charge on any atom is -0.405 e. The number of anilines is 1. The molecule has 9 heteroatoms. The second-order valence-corrected chi connectivity index (χ2v) is 4.26. The largest absolute Gasteiger partial charge is 0.573 e. The van der Waals surface area contributed by atoms with E-state index in [1.807, 2.05) is 0 Å². The van der Waals surface area contributed by atoms with Gasteiger partial charge in [-0.3, -0.25) is 15.5 Å². The van der Waals surface area contributed by atoms with Gasteiger partial charge in [0.05, 0.1) is 16.8 Å². The first-order valence-electron chi connectivity index (χ1n) is 6.23. The highest BCUT2D eigenvalue weighted by atomic mass is 19.4. The topological polar surface area (TPSA) is 76.8 Å². The summed E-state index contributed by atoms with van der Waals surface area (Å²) in [6, 6.07) is 11.4. The third-order valence-corrected chi connectivity index (χ3v) is 2.60. The fourth-order valence-corrected chi connectivity index (χ4v) is 1.66. The van der Waals surface area contributed by atoms with E-state index in [-0.39, 0.29) is 11.3 Å². The molecule has 1 N–H and O–H groups in total. The summed E-state index contributed by atoms with van der Waals surface area (Å²) in [6.45, 7) is 0. The highest BCUT2D eigenvalue weighted by Crippen LogP contribution is 2.28. The standard InChI is InChI=1S/C14H10F3N3O3/c15-14(16,17)23-13-7-6-12(20(21)22)8-10(13)9-18-19-11-4-2-1-3-5-11/h1-9,19H. The van der Waals surface area contributed by atoms with Crippen molar-refractivity contribution < 1.29 is 22.8 Å². The summed E-state index contributed by atoms with van der Waals surface area (Å²) in [5.74, 6) is -0.582. The van der Waals surface area contributed by atoms with E-state index in [1.165, 1.54) is 0 Å². The van der Waals surface area contributed by atoms with Gasteiger partial charge < -0.3 is 4.74 Å². The molecular weight excluding hydrogens is 315 g/mol. The van der Waals surface area contributed by atoms with Gasteiger partial charge in [0.2, 0.25) is 0 Å². The maximum Gasteiger partial charge on any atom is 0.573 e. The third-order valence-electron chi connectivity index (χ3n) is 2.60. The smallest absolute Gasteiger partial charge is 0.405 e. The number of nitro benzene ring substituents is 1. The molecule has 0 aliphatic heterocycles. The van der Waals surface area contributed by atoms with Gasteiger partial charge in [0.15, 0.2) is 0 Å². The average molecular weight is 325 g/mol. The Balaban J connectivity index is 2.26. The summed E-state index contributed by atoms with van der Waals surface area (Å²) in [5.41, 5.74) is 2.64. The van der Waals surface area contributed by atoms with E-state index in [4.69, 9.17) is 0 Å². The lowest BCUT2D eigenvalue weighted by molar-refractivity contribution is -0.385. The molecule has 0 bridgehead atoms. The van der Waals surface area contributed by atoms with Gasteiger partial charge in [-0.1, -0.05) is 18.2 Å². The zero-order valence-corrected chi connectivity index (χ0v) is 11.4. The molecular formula is C14H10F3N3O3. The van der Waals surface area contributed by atoms with Crippen LogP contribution in [0, 0.1) is 10.1 Å². The Hall–Kier alpha value is -3.10. The Morgan fingerprint density at radius 2 is 1.87 bits per heavy atom. The number of nitro groups is 1. The van der Waals surface area contributed by atoms with E-state index in [9.17, 15) is 23.3 Å². The molecule has 0 saturated heterocycles. The minimum atomic E-state index is -4.91. The van der Waals surface area contributed by atoms with Crippen LogP contribution in [0.2, 0.25) is 0 Å². The number of rotatable bonds is 5. The van der Waals surface area contributed by atoms with Crippen molar-refractivity contribution in [1.29, 1.82) is 0 Å². The number of para-hydroxylation sites is 1. The van der Waals surface area contributed by atoms with Crippen LogP contribution in [-0.4, -0.2) is 17.5 Å². The monoisotopic (exact) mass is 325 g/mol. The van der Waals surface area contributed by atoms with Crippen molar-refractivity contribution >= 4 is 17.6 Å². The number of nitrogens with one attached hydrogen (secondary N) is 1. The Kier molecular flexibility index (Phi) is 4.79. The van der Waals surface area contributed by atoms with E-state index in [0.29, 0.717) is 5.69 Å². The molecule has 0 heterocycles. The Labute approximate surface area is 128 Å². The Morgan fingerprint density at radius 1 is 1.17 bits per heavy atom. The number of hydrogen-bond donors (Lipinski definition) is 1. The molecule has 0 aliphatic rings. The first kappa shape index (κ1) is 16.3. The number of hydrazone groups is 1. The van der Waals surface area contributed by atoms with Crippen LogP contribution in [0.3, 0.4) is 0 Å². The number of benzene rings is 2. The van der Waals surface area contributed by atoms with Crippen molar-refractivity contribution in [3.8, 4) is 5.75 Å². The van der Waals surface area contributed by atoms with Crippen molar-refractivity contribution in [2.45, 2.75) is 6.36 Å². The third kappa shape index (κ3) is 4.99. The van der Waals surface area contributed by atoms with Gasteiger partial charge >= 0.3 is 6.36 Å². The molecule has 23 heavy (non-hydrogen) atoms. The Morgan fingerprint density at radius 3 is 2.48 bits per heavy atom. The molecule has 0 fully saturated rings. The molecule has 0 aliphatic carbocycles. The van der Waals surface area contributed by atoms with Crippen LogP contribution in [0.5, 0.6) is 5.75 Å². The Bertz CT molecular complexity index is 718. The summed E-state index contributed by atoms with van der Waals surface area (Å²) in [7, 11) is 0. The highest BCUT2D eigenvalue weighted by Gasteiger charge is 2.32. The van der Waals surface area contributed by atoms with Gasteiger partial charge in [-0.15, -0.1) is 13.2 Å². The number of nitrogens with zero attached hydrogens (tertiary/aromatic N) is 2. The average Bonchev–Trinajstić information content (AvgIpc) is 2.48. The van der Waals surface area contributed by atoms with E-state index in [2.05, 4.69) is 15.3 Å². The van der Waals surface area contributed by atoms with Crippen molar-refractivity contribution in [2.75, 3.05) is 5.43 Å². The maximum absolute atomic E-state index is 12.4. The van der Waals surface area contributed by atoms with Crippen LogP contribution in [-0.2, 0) is 0 Å². The second kappa shape index (κ2) is 6.77. The van der Waals surface area contributed by atoms with E-state index in [0.717, 1.165) is 24.4 Å². The molecule has 6 nitrogen and oxygen atoms in total. The van der Waals surface area contributed by atoms with Gasteiger partial charge in [-0.05, 0) is 18.2 Å². The lowest BCUT2D eigenvalue weighted by Crippen LogP contribution is -2.18. The lowest BCUT2D eigenvalue weighted by atomic mass is 10.2. The van der Waals surface area contributed by atoms with Gasteiger partial charge in [0, 0.05) is 17.7 Å². The molecule has 2 rings (SSSR count). The fraction of sp³-hybridized carbons (Fsp3) is 0.0714. The van der Waals surface area contributed by atoms with E-state index in [1.54, 1.807) is 30.3 Å². The van der Waals surface area contributed by atoms with Gasteiger partial charge in [0.1, 0.15) is 5.75 Å². The highest BCUT2D eigenvalue weighted by molar-refractivity contribution is 5.85. The number of non-ortho nitro benzene ring substituents is 1. The van der Waals surface area contributed by atoms with Crippen molar-refractivity contribution in [2.24, 2.45) is 5.10 Å². The molecule has 2 aromatic rings. The zero-order valence-electron chi connectivity index (χ0n) is 11.4. The summed E-state index contributed by atoms with van der Waals surface area (Å²) in [5, 5.41) is 14.5. The number of alkyl halides is 3. The molecule has 0 amide bonds. The second-order valence-electron chi connectivity index (χ2n) is 4.26. The molecule has 120 valence electrons. The van der Waals surface area contributed by atoms with Crippen LogP contribution >= 0.6 is 0 Å². The van der Waals surface area contributed by atoms with Gasteiger partial charge in [-0.25, -0.2) is 0 Å². The van der Waals surface area contributed by atoms with Crippen molar-refractivity contribution in [3.63, 3.8) is 0 Å². The van der Waals surface area contributed by atoms with Crippen molar-refractivity contribution in [3.05, 3.63) is 64.2 Å². The minimum absolute atomic E-state index is 0.181. The molecule has 0 spiro atoms. The molecule has 0 aromatic heterocycles. The normalized spacial score (nSPS) is 11.4. The summed E-state index contributed by atoms with van der Waals surface area (Å²) in [4.78, 5) is 10.0. The SMILES string of the molecule is O=[N+]([O-])c1ccc(OC(F)(F)F)c(C=NNc2ccccc2)c1. The number of ether oxygens (including phenoxy) is 1. The maximum atomic E-state index is 12.4. The van der Waals surface area contributed by atoms with Crippen LogP contribution in [0.25, 0.3) is 0 Å². The molecule has 0 radical (unpaired) electrons. The fourth-order valence-electron chi connectivity index (χ4n) is 1.66.